The number of rotatable bonds is 9. The number of piperazine rings is 1. The number of pyridine rings is 2. The van der Waals surface area contributed by atoms with Crippen molar-refractivity contribution in [3.05, 3.63) is 24.3 Å². The molecule has 0 atom stereocenters. The third-order valence-electron chi connectivity index (χ3n) is 5.98. The summed E-state index contributed by atoms with van der Waals surface area (Å²) >= 11 is 0. The Morgan fingerprint density at radius 1 is 1.19 bits per heavy atom. The number of ether oxygens (including phenoxy) is 3. The molecule has 3 aromatic rings. The highest BCUT2D eigenvalue weighted by molar-refractivity contribution is 5.99. The molecule has 12 nitrogen and oxygen atoms in total. The zero-order chi connectivity index (χ0) is 25.7. The monoisotopic (exact) mass is 501 g/mol. The van der Waals surface area contributed by atoms with E-state index in [-0.39, 0.29) is 35.2 Å². The number of aryl methyl sites for hydroxylation is 1. The molecule has 4 rings (SSSR count). The summed E-state index contributed by atoms with van der Waals surface area (Å²) in [5.74, 6) is -0.472. The van der Waals surface area contributed by atoms with Gasteiger partial charge in [-0.2, -0.15) is 0 Å². The van der Waals surface area contributed by atoms with E-state index >= 15 is 0 Å². The highest BCUT2D eigenvalue weighted by Gasteiger charge is 2.25. The number of hydrogen-bond donors (Lipinski definition) is 3. The van der Waals surface area contributed by atoms with E-state index in [9.17, 15) is 14.0 Å². The quantitative estimate of drug-likeness (QED) is 0.372. The van der Waals surface area contributed by atoms with Gasteiger partial charge in [-0.15, -0.1) is 0 Å². The second-order valence-corrected chi connectivity index (χ2v) is 8.03. The molecule has 3 N–H and O–H groups in total. The summed E-state index contributed by atoms with van der Waals surface area (Å²) in [5, 5.41) is 9.17. The number of urea groups is 1. The van der Waals surface area contributed by atoms with Crippen molar-refractivity contribution in [2.45, 2.75) is 0 Å². The summed E-state index contributed by atoms with van der Waals surface area (Å²) in [7, 11) is 4.48. The Kier molecular flexibility index (Phi) is 7.80. The maximum atomic E-state index is 14.5. The maximum absolute atomic E-state index is 14.5. The van der Waals surface area contributed by atoms with Crippen molar-refractivity contribution in [3.63, 3.8) is 0 Å². The van der Waals surface area contributed by atoms with Crippen LogP contribution in [0.25, 0.3) is 22.2 Å². The second kappa shape index (κ2) is 11.2. The van der Waals surface area contributed by atoms with Crippen molar-refractivity contribution in [2.75, 3.05) is 58.8 Å². The van der Waals surface area contributed by atoms with Gasteiger partial charge in [0.15, 0.2) is 23.1 Å². The Labute approximate surface area is 206 Å². The van der Waals surface area contributed by atoms with Crippen LogP contribution in [0.15, 0.2) is 18.5 Å². The number of halogens is 1. The van der Waals surface area contributed by atoms with Gasteiger partial charge in [-0.1, -0.05) is 0 Å². The zero-order valence-corrected chi connectivity index (χ0v) is 20.3. The van der Waals surface area contributed by atoms with Crippen LogP contribution in [0.1, 0.15) is 0 Å². The van der Waals surface area contributed by atoms with E-state index in [0.717, 1.165) is 32.4 Å². The smallest absolute Gasteiger partial charge is 0.320 e. The van der Waals surface area contributed by atoms with Crippen molar-refractivity contribution < 1.29 is 28.2 Å². The highest BCUT2D eigenvalue weighted by atomic mass is 19.1. The Morgan fingerprint density at radius 2 is 1.97 bits per heavy atom. The minimum absolute atomic E-state index is 0.0453. The third-order valence-corrected chi connectivity index (χ3v) is 5.98. The van der Waals surface area contributed by atoms with Gasteiger partial charge in [0.1, 0.15) is 5.56 Å². The van der Waals surface area contributed by atoms with Crippen molar-refractivity contribution in [1.82, 2.24) is 30.1 Å². The average Bonchev–Trinajstić information content (AvgIpc) is 3.22. The maximum Gasteiger partial charge on any atom is 0.320 e. The normalized spacial score (nSPS) is 13.9. The second-order valence-electron chi connectivity index (χ2n) is 8.03. The molecule has 0 bridgehead atoms. The molecule has 0 radical (unpaired) electrons. The third kappa shape index (κ3) is 5.02. The van der Waals surface area contributed by atoms with E-state index in [1.807, 2.05) is 0 Å². The van der Waals surface area contributed by atoms with Crippen LogP contribution in [0, 0.1) is 5.82 Å². The van der Waals surface area contributed by atoms with E-state index < -0.39 is 11.8 Å². The zero-order valence-electron chi connectivity index (χ0n) is 20.3. The molecule has 36 heavy (non-hydrogen) atoms. The molecule has 3 aromatic heterocycles. The molecule has 0 saturated carbocycles. The summed E-state index contributed by atoms with van der Waals surface area (Å²) < 4.78 is 32.0. The number of amides is 2. The van der Waals surface area contributed by atoms with Gasteiger partial charge in [-0.25, -0.2) is 19.2 Å². The van der Waals surface area contributed by atoms with Gasteiger partial charge in [0.25, 0.3) is 6.47 Å². The van der Waals surface area contributed by atoms with Gasteiger partial charge in [0.05, 0.1) is 37.8 Å². The molecule has 192 valence electrons. The van der Waals surface area contributed by atoms with Gasteiger partial charge < -0.3 is 29.4 Å². The Morgan fingerprint density at radius 3 is 2.67 bits per heavy atom. The van der Waals surface area contributed by atoms with Crippen LogP contribution < -0.4 is 30.2 Å². The molecule has 0 spiro atoms. The average molecular weight is 502 g/mol. The van der Waals surface area contributed by atoms with Crippen LogP contribution in [0.2, 0.25) is 0 Å². The van der Waals surface area contributed by atoms with Gasteiger partial charge in [0, 0.05) is 51.7 Å². The first kappa shape index (κ1) is 25.1. The largest absolute Gasteiger partial charge is 0.493 e. The van der Waals surface area contributed by atoms with Crippen LogP contribution in [0.4, 0.5) is 15.0 Å². The van der Waals surface area contributed by atoms with Gasteiger partial charge in [-0.3, -0.25) is 15.0 Å². The Bertz CT molecular complexity index is 1260. The molecule has 4 heterocycles. The number of fused-ring (bicyclic) bond motifs is 1. The summed E-state index contributed by atoms with van der Waals surface area (Å²) in [5.41, 5.74) is 1.30. The topological polar surface area (TPSA) is 132 Å². The number of aromatic nitrogens is 3. The molecule has 0 aromatic carbocycles. The number of carbonyl (C=O) groups is 2. The molecule has 2 amide bonds. The number of nitrogens with zero attached hydrogens (tertiary/aromatic N) is 4. The predicted molar refractivity (Wildman–Crippen MR) is 130 cm³/mol. The highest BCUT2D eigenvalue weighted by Crippen LogP contribution is 2.43. The van der Waals surface area contributed by atoms with Crippen molar-refractivity contribution in [1.29, 1.82) is 0 Å². The van der Waals surface area contributed by atoms with Crippen LogP contribution in [-0.4, -0.2) is 85.4 Å². The first-order valence-corrected chi connectivity index (χ1v) is 11.3. The molecule has 1 fully saturated rings. The van der Waals surface area contributed by atoms with E-state index in [0.29, 0.717) is 29.7 Å². The lowest BCUT2D eigenvalue weighted by Gasteiger charge is -2.27. The lowest BCUT2D eigenvalue weighted by atomic mass is 10.1. The van der Waals surface area contributed by atoms with Crippen molar-refractivity contribution in [2.24, 2.45) is 7.05 Å². The first-order chi connectivity index (χ1) is 17.5. The van der Waals surface area contributed by atoms with E-state index in [2.05, 4.69) is 30.8 Å². The Balaban J connectivity index is 1.64. The van der Waals surface area contributed by atoms with E-state index in [1.165, 1.54) is 20.4 Å². The molecule has 1 aliphatic rings. The van der Waals surface area contributed by atoms with Crippen LogP contribution >= 0.6 is 0 Å². The number of hydrogen-bond acceptors (Lipinski definition) is 9. The number of anilines is 1. The fraction of sp³-hybridized carbons (Fsp3) is 0.391. The minimum atomic E-state index is -0.666. The molecule has 13 heteroatoms. The van der Waals surface area contributed by atoms with Crippen molar-refractivity contribution in [3.8, 4) is 28.6 Å². The van der Waals surface area contributed by atoms with Gasteiger partial charge in [0.2, 0.25) is 5.88 Å². The number of methoxy groups -OCH3 is 2. The summed E-state index contributed by atoms with van der Waals surface area (Å²) in [6.45, 7) is 5.10. The van der Waals surface area contributed by atoms with Crippen LogP contribution in [-0.2, 0) is 11.8 Å². The summed E-state index contributed by atoms with van der Waals surface area (Å²) in [4.78, 5) is 34.4. The van der Waals surface area contributed by atoms with Crippen molar-refractivity contribution >= 4 is 29.2 Å². The Hall–Kier alpha value is -3.97. The molecular weight excluding hydrogens is 473 g/mol. The lowest BCUT2D eigenvalue weighted by molar-refractivity contribution is -0.120. The number of nitrogens with one attached hydrogen (secondary N) is 3. The molecule has 1 saturated heterocycles. The van der Waals surface area contributed by atoms with Crippen LogP contribution in [0.3, 0.4) is 0 Å². The van der Waals surface area contributed by atoms with E-state index in [4.69, 9.17) is 14.2 Å². The minimum Gasteiger partial charge on any atom is -0.493 e. The summed E-state index contributed by atoms with van der Waals surface area (Å²) in [6.07, 6.45) is 2.52. The first-order valence-electron chi connectivity index (χ1n) is 11.3. The fourth-order valence-electron chi connectivity index (χ4n) is 4.21. The SMILES string of the molecule is COc1ncc(F)c(OC)c1-c1cc2c(OC=O)c(NC(=O)NCCN3CCNCC3)ncc2n1C. The standard InChI is InChI=1S/C23H28FN7O5/c1-30-16(18-20(34-2)15(24)11-28-22(18)35-3)10-14-17(30)12-27-21(19(14)36-13-32)29-23(33)26-6-9-31-7-4-25-5-8-31/h10-13,25H,4-9H2,1-3H3,(H2,26,27,29,33). The predicted octanol–water partition coefficient (Wildman–Crippen LogP) is 1.35. The fourth-order valence-corrected chi connectivity index (χ4v) is 4.21. The molecule has 1 aliphatic heterocycles. The van der Waals surface area contributed by atoms with Crippen LogP contribution in [0.5, 0.6) is 17.4 Å². The molecule has 0 aliphatic carbocycles. The van der Waals surface area contributed by atoms with E-state index in [1.54, 1.807) is 17.7 Å². The summed E-state index contributed by atoms with van der Waals surface area (Å²) in [6, 6.07) is 1.17. The lowest BCUT2D eigenvalue weighted by Crippen LogP contribution is -2.46. The van der Waals surface area contributed by atoms with Gasteiger partial charge >= 0.3 is 6.03 Å². The number of carbonyl (C=O) groups excluding carboxylic acids is 2. The molecule has 0 unspecified atom stereocenters. The molecular formula is C23H28FN7O5. The van der Waals surface area contributed by atoms with Gasteiger partial charge in [-0.05, 0) is 6.07 Å².